The Morgan fingerprint density at radius 1 is 0.963 bits per heavy atom. The average Bonchev–Trinajstić information content (AvgIpc) is 3.02. The highest BCUT2D eigenvalue weighted by molar-refractivity contribution is 6.44. The fourth-order valence-corrected chi connectivity index (χ4v) is 5.69. The highest BCUT2D eigenvalue weighted by Crippen LogP contribution is 2.51. The number of hydrogen-bond acceptors (Lipinski definition) is 5. The third-order valence-electron chi connectivity index (χ3n) is 6.92. The SMILES string of the molecule is O=C1C2C=C(Cl)C(Cl)=CC2C(=O)N1CC1CC2(CCC1O)C(O)CCC2O. The molecule has 0 aromatic heterocycles. The van der Waals surface area contributed by atoms with E-state index < -0.39 is 35.6 Å². The van der Waals surface area contributed by atoms with E-state index in [4.69, 9.17) is 23.2 Å². The van der Waals surface area contributed by atoms with Gasteiger partial charge in [0.25, 0.3) is 0 Å². The van der Waals surface area contributed by atoms with Gasteiger partial charge in [-0.15, -0.1) is 0 Å². The van der Waals surface area contributed by atoms with Gasteiger partial charge in [0, 0.05) is 17.9 Å². The van der Waals surface area contributed by atoms with Gasteiger partial charge in [-0.3, -0.25) is 14.5 Å². The summed E-state index contributed by atoms with van der Waals surface area (Å²) >= 11 is 12.0. The van der Waals surface area contributed by atoms with Gasteiger partial charge in [-0.2, -0.15) is 0 Å². The van der Waals surface area contributed by atoms with E-state index in [1.807, 2.05) is 0 Å². The van der Waals surface area contributed by atoms with Gasteiger partial charge in [0.15, 0.2) is 0 Å². The Morgan fingerprint density at radius 3 is 2.00 bits per heavy atom. The molecule has 4 rings (SSSR count). The number of amides is 2. The van der Waals surface area contributed by atoms with Crippen molar-refractivity contribution in [3.05, 3.63) is 22.2 Å². The summed E-state index contributed by atoms with van der Waals surface area (Å²) in [5, 5.41) is 31.9. The van der Waals surface area contributed by atoms with Crippen molar-refractivity contribution in [2.45, 2.75) is 50.4 Å². The Labute approximate surface area is 167 Å². The molecular formula is C19H23Cl2NO5. The van der Waals surface area contributed by atoms with Gasteiger partial charge in [-0.05, 0) is 32.1 Å². The molecule has 0 aromatic carbocycles. The van der Waals surface area contributed by atoms with Crippen LogP contribution in [0.25, 0.3) is 0 Å². The Kier molecular flexibility index (Phi) is 4.92. The molecule has 3 N–H and O–H groups in total. The molecular weight excluding hydrogens is 393 g/mol. The smallest absolute Gasteiger partial charge is 0.237 e. The van der Waals surface area contributed by atoms with Crippen molar-refractivity contribution in [2.24, 2.45) is 23.2 Å². The van der Waals surface area contributed by atoms with Crippen LogP contribution in [0, 0.1) is 23.2 Å². The molecule has 3 fully saturated rings. The van der Waals surface area contributed by atoms with Gasteiger partial charge in [0.1, 0.15) is 0 Å². The van der Waals surface area contributed by atoms with Crippen LogP contribution >= 0.6 is 23.2 Å². The summed E-state index contributed by atoms with van der Waals surface area (Å²) in [6.45, 7) is 0.0734. The maximum atomic E-state index is 12.8. The number of aliphatic hydroxyl groups is 3. The monoisotopic (exact) mass is 415 g/mol. The van der Waals surface area contributed by atoms with E-state index in [1.165, 1.54) is 17.1 Å². The van der Waals surface area contributed by atoms with E-state index in [0.29, 0.717) is 32.1 Å². The predicted molar refractivity (Wildman–Crippen MR) is 98.6 cm³/mol. The summed E-state index contributed by atoms with van der Waals surface area (Å²) < 4.78 is 0. The zero-order chi connectivity index (χ0) is 19.5. The molecule has 1 spiro atoms. The van der Waals surface area contributed by atoms with Crippen molar-refractivity contribution in [1.82, 2.24) is 4.90 Å². The number of allylic oxidation sites excluding steroid dienone is 2. The topological polar surface area (TPSA) is 98.1 Å². The molecule has 4 aliphatic rings. The lowest BCUT2D eigenvalue weighted by Crippen LogP contribution is -2.50. The van der Waals surface area contributed by atoms with E-state index in [-0.39, 0.29) is 34.3 Å². The van der Waals surface area contributed by atoms with E-state index in [2.05, 4.69) is 0 Å². The summed E-state index contributed by atoms with van der Waals surface area (Å²) in [5.41, 5.74) is -0.658. The van der Waals surface area contributed by atoms with Crippen molar-refractivity contribution in [1.29, 1.82) is 0 Å². The third-order valence-corrected chi connectivity index (χ3v) is 7.67. The molecule has 1 aliphatic heterocycles. The third kappa shape index (κ3) is 2.97. The molecule has 2 amide bonds. The number of nitrogens with zero attached hydrogens (tertiary/aromatic N) is 1. The number of fused-ring (bicyclic) bond motifs is 1. The average molecular weight is 416 g/mol. The zero-order valence-electron chi connectivity index (χ0n) is 14.7. The molecule has 1 saturated heterocycles. The first-order valence-electron chi connectivity index (χ1n) is 9.39. The fourth-order valence-electron chi connectivity index (χ4n) is 5.30. The lowest BCUT2D eigenvalue weighted by atomic mass is 9.65. The number of halogens is 2. The summed E-state index contributed by atoms with van der Waals surface area (Å²) in [6, 6.07) is 0. The van der Waals surface area contributed by atoms with Gasteiger partial charge in [-0.25, -0.2) is 0 Å². The van der Waals surface area contributed by atoms with Gasteiger partial charge < -0.3 is 15.3 Å². The zero-order valence-corrected chi connectivity index (χ0v) is 16.2. The molecule has 1 heterocycles. The van der Waals surface area contributed by atoms with Gasteiger partial charge in [-0.1, -0.05) is 35.4 Å². The van der Waals surface area contributed by atoms with Crippen molar-refractivity contribution in [3.8, 4) is 0 Å². The minimum atomic E-state index is -0.683. The van der Waals surface area contributed by atoms with Crippen LogP contribution in [0.5, 0.6) is 0 Å². The number of rotatable bonds is 2. The van der Waals surface area contributed by atoms with Crippen LogP contribution in [0.3, 0.4) is 0 Å². The molecule has 3 aliphatic carbocycles. The molecule has 0 bridgehead atoms. The van der Waals surface area contributed by atoms with Crippen LogP contribution in [0.1, 0.15) is 32.1 Å². The van der Waals surface area contributed by atoms with Gasteiger partial charge in [0.2, 0.25) is 11.8 Å². The van der Waals surface area contributed by atoms with Crippen LogP contribution in [-0.2, 0) is 9.59 Å². The van der Waals surface area contributed by atoms with Gasteiger partial charge >= 0.3 is 0 Å². The quantitative estimate of drug-likeness (QED) is 0.593. The number of carbonyl (C=O) groups is 2. The molecule has 27 heavy (non-hydrogen) atoms. The van der Waals surface area contributed by atoms with Crippen LogP contribution in [0.4, 0.5) is 0 Å². The van der Waals surface area contributed by atoms with Crippen molar-refractivity contribution < 1.29 is 24.9 Å². The Balaban J connectivity index is 1.55. The standard InChI is InChI=1S/C19H23Cl2NO5/c20-12-5-10-11(6-13(12)21)18(27)22(17(10)26)8-9-7-19(4-3-14(9)23)15(24)1-2-16(19)25/h5-6,9-11,14-16,23-25H,1-4,7-8H2. The van der Waals surface area contributed by atoms with Crippen molar-refractivity contribution >= 4 is 35.0 Å². The minimum absolute atomic E-state index is 0.0734. The molecule has 6 nitrogen and oxygen atoms in total. The molecule has 0 radical (unpaired) electrons. The second-order valence-electron chi connectivity index (χ2n) is 8.28. The highest BCUT2D eigenvalue weighted by Gasteiger charge is 2.55. The molecule has 8 heteroatoms. The maximum Gasteiger partial charge on any atom is 0.237 e. The van der Waals surface area contributed by atoms with Crippen molar-refractivity contribution in [3.63, 3.8) is 0 Å². The van der Waals surface area contributed by atoms with Crippen molar-refractivity contribution in [2.75, 3.05) is 6.54 Å². The number of imide groups is 1. The summed E-state index contributed by atoms with van der Waals surface area (Å²) in [6.07, 6.45) is 3.50. The Bertz CT molecular complexity index is 690. The first-order chi connectivity index (χ1) is 12.7. The highest BCUT2D eigenvalue weighted by atomic mass is 35.5. The second-order valence-corrected chi connectivity index (χ2v) is 9.09. The van der Waals surface area contributed by atoms with E-state index >= 15 is 0 Å². The normalized spacial score (nSPS) is 44.6. The molecule has 6 atom stereocenters. The lowest BCUT2D eigenvalue weighted by molar-refractivity contribution is -0.143. The Hall–Kier alpha value is -0.920. The molecule has 2 saturated carbocycles. The van der Waals surface area contributed by atoms with Gasteiger partial charge in [0.05, 0.1) is 40.2 Å². The largest absolute Gasteiger partial charge is 0.393 e. The van der Waals surface area contributed by atoms with Crippen LogP contribution in [-0.4, -0.2) is 56.9 Å². The van der Waals surface area contributed by atoms with Crippen LogP contribution < -0.4 is 0 Å². The van der Waals surface area contributed by atoms with E-state index in [1.54, 1.807) is 0 Å². The summed E-state index contributed by atoms with van der Waals surface area (Å²) in [5.74, 6) is -2.39. The fraction of sp³-hybridized carbons (Fsp3) is 0.684. The summed E-state index contributed by atoms with van der Waals surface area (Å²) in [4.78, 5) is 26.7. The Morgan fingerprint density at radius 2 is 1.48 bits per heavy atom. The first kappa shape index (κ1) is 19.4. The second kappa shape index (κ2) is 6.85. The molecule has 6 unspecified atom stereocenters. The van der Waals surface area contributed by atoms with Crippen LogP contribution in [0.15, 0.2) is 22.2 Å². The number of likely N-dealkylation sites (tertiary alicyclic amines) is 1. The number of carbonyl (C=O) groups excluding carboxylic acids is 2. The molecule has 0 aromatic rings. The lowest BCUT2D eigenvalue weighted by Gasteiger charge is -2.45. The predicted octanol–water partition coefficient (Wildman–Crippen LogP) is 1.51. The van der Waals surface area contributed by atoms with E-state index in [0.717, 1.165) is 0 Å². The van der Waals surface area contributed by atoms with E-state index in [9.17, 15) is 24.9 Å². The molecule has 148 valence electrons. The first-order valence-corrected chi connectivity index (χ1v) is 10.1. The number of aliphatic hydroxyl groups excluding tert-OH is 3. The summed E-state index contributed by atoms with van der Waals surface area (Å²) in [7, 11) is 0. The minimum Gasteiger partial charge on any atom is -0.393 e. The maximum absolute atomic E-state index is 12.8. The number of hydrogen-bond donors (Lipinski definition) is 3. The van der Waals surface area contributed by atoms with Crippen LogP contribution in [0.2, 0.25) is 0 Å².